The quantitative estimate of drug-likeness (QED) is 0.593. The van der Waals surface area contributed by atoms with E-state index in [1.54, 1.807) is 4.90 Å². The van der Waals surface area contributed by atoms with Crippen molar-refractivity contribution in [3.8, 4) is 0 Å². The van der Waals surface area contributed by atoms with E-state index < -0.39 is 11.9 Å². The van der Waals surface area contributed by atoms with Gasteiger partial charge in [-0.1, -0.05) is 39.0 Å². The first kappa shape index (κ1) is 21.5. The number of nitrogens with one attached hydrogen (secondary N) is 1. The van der Waals surface area contributed by atoms with Crippen LogP contribution in [-0.2, 0) is 4.79 Å². The lowest BCUT2D eigenvalue weighted by atomic mass is 10.0. The molecule has 2 fully saturated rings. The number of hydrogen-bond acceptors (Lipinski definition) is 6. The van der Waals surface area contributed by atoms with E-state index in [0.29, 0.717) is 6.42 Å². The number of primary amides is 1. The lowest BCUT2D eigenvalue weighted by Gasteiger charge is -2.36. The van der Waals surface area contributed by atoms with Crippen LogP contribution in [0.2, 0.25) is 0 Å². The zero-order valence-corrected chi connectivity index (χ0v) is 17.8. The molecule has 3 amide bonds. The Kier molecular flexibility index (Phi) is 7.10. The number of aromatic nitrogens is 1. The molecule has 3 rings (SSSR count). The van der Waals surface area contributed by atoms with Gasteiger partial charge in [-0.15, -0.1) is 0 Å². The Morgan fingerprint density at radius 1 is 1.17 bits per heavy atom. The van der Waals surface area contributed by atoms with E-state index in [1.807, 2.05) is 6.92 Å². The highest BCUT2D eigenvalue weighted by molar-refractivity contribution is 7.09. The molecule has 1 heterocycles. The number of carbonyl (C=O) groups is 3. The summed E-state index contributed by atoms with van der Waals surface area (Å²) in [5.74, 6) is -1.16. The van der Waals surface area contributed by atoms with Crippen molar-refractivity contribution < 1.29 is 14.4 Å². The largest absolute Gasteiger partial charge is 0.395 e. The topological polar surface area (TPSA) is 131 Å². The molecule has 8 nitrogen and oxygen atoms in total. The summed E-state index contributed by atoms with van der Waals surface area (Å²) < 4.78 is 3.97. The average molecular weight is 422 g/mol. The Bertz CT molecular complexity index is 753. The molecule has 9 heteroatoms. The van der Waals surface area contributed by atoms with Crippen LogP contribution in [0.5, 0.6) is 0 Å². The minimum Gasteiger partial charge on any atom is -0.395 e. The van der Waals surface area contributed by atoms with Crippen LogP contribution in [0.1, 0.15) is 91.3 Å². The third kappa shape index (κ3) is 4.71. The van der Waals surface area contributed by atoms with Crippen LogP contribution in [0.4, 0.5) is 5.69 Å². The summed E-state index contributed by atoms with van der Waals surface area (Å²) in [4.78, 5) is 40.2. The molecule has 160 valence electrons. The van der Waals surface area contributed by atoms with Crippen molar-refractivity contribution in [3.05, 3.63) is 10.6 Å². The molecule has 29 heavy (non-hydrogen) atoms. The fourth-order valence-electron chi connectivity index (χ4n) is 4.53. The highest BCUT2D eigenvalue weighted by Gasteiger charge is 2.39. The molecule has 0 aromatic carbocycles. The zero-order valence-electron chi connectivity index (χ0n) is 17.0. The second-order valence-corrected chi connectivity index (χ2v) is 8.86. The molecule has 5 N–H and O–H groups in total. The molecule has 1 atom stereocenters. The Labute approximate surface area is 175 Å². The molecule has 1 unspecified atom stereocenters. The standard InChI is InChI=1S/C20H31N5O3S/c1-2-7-14(19(27)23-12-8-3-4-9-12)25(13-10-5-6-11-13)20(28)17-15(21)16(18(22)26)24-29-17/h12-14H,2-11,21H2,1H3,(H2,22,26)(H,23,27). The average Bonchev–Trinajstić information content (AvgIpc) is 3.43. The molecule has 0 radical (unpaired) electrons. The lowest BCUT2D eigenvalue weighted by molar-refractivity contribution is -0.127. The van der Waals surface area contributed by atoms with Gasteiger partial charge in [-0.25, -0.2) is 0 Å². The van der Waals surface area contributed by atoms with Gasteiger partial charge in [0.2, 0.25) is 5.91 Å². The van der Waals surface area contributed by atoms with Crippen LogP contribution in [0.3, 0.4) is 0 Å². The van der Waals surface area contributed by atoms with E-state index in [4.69, 9.17) is 11.5 Å². The number of hydrogen-bond donors (Lipinski definition) is 3. The van der Waals surface area contributed by atoms with Crippen molar-refractivity contribution in [2.45, 2.75) is 89.3 Å². The zero-order chi connectivity index (χ0) is 21.0. The predicted octanol–water partition coefficient (Wildman–Crippen LogP) is 2.44. The summed E-state index contributed by atoms with van der Waals surface area (Å²) in [5.41, 5.74) is 11.3. The Morgan fingerprint density at radius 3 is 2.34 bits per heavy atom. The molecule has 2 aliphatic rings. The maximum atomic E-state index is 13.5. The highest BCUT2D eigenvalue weighted by Crippen LogP contribution is 2.32. The Hall–Kier alpha value is -2.16. The Morgan fingerprint density at radius 2 is 1.79 bits per heavy atom. The van der Waals surface area contributed by atoms with Crippen molar-refractivity contribution in [1.29, 1.82) is 0 Å². The van der Waals surface area contributed by atoms with Gasteiger partial charge in [-0.05, 0) is 43.6 Å². The van der Waals surface area contributed by atoms with Gasteiger partial charge < -0.3 is 21.7 Å². The summed E-state index contributed by atoms with van der Waals surface area (Å²) in [6.07, 6.45) is 9.39. The van der Waals surface area contributed by atoms with Crippen molar-refractivity contribution in [1.82, 2.24) is 14.6 Å². The van der Waals surface area contributed by atoms with E-state index in [0.717, 1.165) is 69.3 Å². The van der Waals surface area contributed by atoms with Gasteiger partial charge in [0.1, 0.15) is 10.9 Å². The second-order valence-electron chi connectivity index (χ2n) is 8.08. The lowest BCUT2D eigenvalue weighted by Crippen LogP contribution is -2.54. The van der Waals surface area contributed by atoms with Crippen molar-refractivity contribution in [3.63, 3.8) is 0 Å². The van der Waals surface area contributed by atoms with E-state index in [-0.39, 0.29) is 40.2 Å². The van der Waals surface area contributed by atoms with Crippen molar-refractivity contribution in [2.24, 2.45) is 5.73 Å². The van der Waals surface area contributed by atoms with Gasteiger partial charge in [-0.2, -0.15) is 4.37 Å². The summed E-state index contributed by atoms with van der Waals surface area (Å²) in [6.45, 7) is 2.01. The smallest absolute Gasteiger partial charge is 0.270 e. The monoisotopic (exact) mass is 421 g/mol. The van der Waals surface area contributed by atoms with Gasteiger partial charge in [0, 0.05) is 12.1 Å². The third-order valence-electron chi connectivity index (χ3n) is 6.01. The number of carbonyl (C=O) groups excluding carboxylic acids is 3. The predicted molar refractivity (Wildman–Crippen MR) is 113 cm³/mol. The summed E-state index contributed by atoms with van der Waals surface area (Å²) in [5, 5.41) is 3.16. The number of rotatable bonds is 8. The van der Waals surface area contributed by atoms with Gasteiger partial charge in [-0.3, -0.25) is 14.4 Å². The minimum absolute atomic E-state index is 0.00749. The number of amides is 3. The molecule has 0 bridgehead atoms. The summed E-state index contributed by atoms with van der Waals surface area (Å²) >= 11 is 0.881. The van der Waals surface area contributed by atoms with E-state index >= 15 is 0 Å². The molecule has 2 saturated carbocycles. The van der Waals surface area contributed by atoms with Crippen molar-refractivity contribution in [2.75, 3.05) is 5.73 Å². The Balaban J connectivity index is 1.90. The number of nitrogens with two attached hydrogens (primary N) is 2. The molecular weight excluding hydrogens is 390 g/mol. The summed E-state index contributed by atoms with van der Waals surface area (Å²) in [6, 6.07) is -0.362. The van der Waals surface area contributed by atoms with Crippen molar-refractivity contribution >= 4 is 34.9 Å². The molecule has 2 aliphatic carbocycles. The van der Waals surface area contributed by atoms with E-state index in [2.05, 4.69) is 9.69 Å². The van der Waals surface area contributed by atoms with Crippen LogP contribution in [0.15, 0.2) is 0 Å². The molecule has 1 aromatic heterocycles. The van der Waals surface area contributed by atoms with E-state index in [9.17, 15) is 14.4 Å². The van der Waals surface area contributed by atoms with Crippen LogP contribution in [0, 0.1) is 0 Å². The number of nitrogens with zero attached hydrogens (tertiary/aromatic N) is 2. The fourth-order valence-corrected chi connectivity index (χ4v) is 5.28. The molecule has 0 aliphatic heterocycles. The third-order valence-corrected chi connectivity index (χ3v) is 6.86. The second kappa shape index (κ2) is 9.56. The first-order chi connectivity index (χ1) is 13.9. The van der Waals surface area contributed by atoms with Crippen LogP contribution < -0.4 is 16.8 Å². The fraction of sp³-hybridized carbons (Fsp3) is 0.700. The van der Waals surface area contributed by atoms with Crippen LogP contribution in [0.25, 0.3) is 0 Å². The SMILES string of the molecule is CCCC(C(=O)NC1CCCC1)N(C(=O)c1snc(C(N)=O)c1N)C1CCCC1. The normalized spacial score (nSPS) is 18.7. The highest BCUT2D eigenvalue weighted by atomic mass is 32.1. The summed E-state index contributed by atoms with van der Waals surface area (Å²) in [7, 11) is 0. The molecular formula is C20H31N5O3S. The van der Waals surface area contributed by atoms with Gasteiger partial charge in [0.25, 0.3) is 11.8 Å². The number of anilines is 1. The first-order valence-corrected chi connectivity index (χ1v) is 11.4. The van der Waals surface area contributed by atoms with E-state index in [1.165, 1.54) is 0 Å². The molecule has 0 spiro atoms. The molecule has 0 saturated heterocycles. The number of nitrogen functional groups attached to an aromatic ring is 1. The van der Waals surface area contributed by atoms with Crippen LogP contribution in [-0.4, -0.2) is 45.1 Å². The minimum atomic E-state index is -0.755. The maximum Gasteiger partial charge on any atom is 0.270 e. The molecule has 1 aromatic rings. The first-order valence-electron chi connectivity index (χ1n) is 10.6. The van der Waals surface area contributed by atoms with Crippen LogP contribution >= 0.6 is 11.5 Å². The maximum absolute atomic E-state index is 13.5. The van der Waals surface area contributed by atoms with Gasteiger partial charge in [0.05, 0.1) is 5.69 Å². The van der Waals surface area contributed by atoms with Gasteiger partial charge >= 0.3 is 0 Å². The van der Waals surface area contributed by atoms with Gasteiger partial charge in [0.15, 0.2) is 5.69 Å².